The second-order valence-electron chi connectivity index (χ2n) is 2.65. The molecule has 0 heterocycles. The van der Waals surface area contributed by atoms with Crippen LogP contribution < -0.4 is 0 Å². The largest absolute Gasteiger partial charge is 0.481 e. The van der Waals surface area contributed by atoms with Gasteiger partial charge in [-0.1, -0.05) is 6.07 Å². The van der Waals surface area contributed by atoms with Gasteiger partial charge in [0.25, 0.3) is 5.69 Å². The van der Waals surface area contributed by atoms with Crippen molar-refractivity contribution < 1.29 is 14.8 Å². The van der Waals surface area contributed by atoms with Gasteiger partial charge in [-0.3, -0.25) is 14.9 Å². The summed E-state index contributed by atoms with van der Waals surface area (Å²) in [7, 11) is 0. The average molecular weight is 213 g/mol. The number of benzene rings is 1. The molecule has 0 radical (unpaired) electrons. The first-order chi connectivity index (χ1) is 6.50. The number of carboxylic acids is 1. The molecule has 0 spiro atoms. The smallest absolute Gasteiger partial charge is 0.307 e. The second kappa shape index (κ2) is 4.10. The molecule has 1 N–H and O–H groups in total. The fourth-order valence-electron chi connectivity index (χ4n) is 1.000. The highest BCUT2D eigenvalue weighted by Crippen LogP contribution is 2.23. The van der Waals surface area contributed by atoms with Crippen LogP contribution >= 0.6 is 12.6 Å². The molecule has 0 aliphatic heterocycles. The van der Waals surface area contributed by atoms with Crippen LogP contribution in [0.3, 0.4) is 0 Å². The molecule has 1 rings (SSSR count). The maximum absolute atomic E-state index is 10.5. The van der Waals surface area contributed by atoms with E-state index < -0.39 is 10.9 Å². The van der Waals surface area contributed by atoms with Crippen LogP contribution in [-0.4, -0.2) is 16.0 Å². The molecule has 6 heteroatoms. The molecule has 0 atom stereocenters. The van der Waals surface area contributed by atoms with E-state index in [9.17, 15) is 14.9 Å². The minimum Gasteiger partial charge on any atom is -0.481 e. The zero-order valence-corrected chi connectivity index (χ0v) is 7.90. The van der Waals surface area contributed by atoms with Gasteiger partial charge in [0.2, 0.25) is 0 Å². The Morgan fingerprint density at radius 3 is 2.71 bits per heavy atom. The predicted molar refractivity (Wildman–Crippen MR) is 51.7 cm³/mol. The number of nitro groups is 1. The van der Waals surface area contributed by atoms with E-state index in [4.69, 9.17) is 5.11 Å². The number of nitrogens with zero attached hydrogens (tertiary/aromatic N) is 1. The van der Waals surface area contributed by atoms with Gasteiger partial charge in [-0.25, -0.2) is 0 Å². The molecular weight excluding hydrogens is 206 g/mol. The van der Waals surface area contributed by atoms with E-state index in [0.29, 0.717) is 5.56 Å². The molecule has 0 bridgehead atoms. The molecule has 0 amide bonds. The molecule has 0 aromatic heterocycles. The Hall–Kier alpha value is -1.56. The lowest BCUT2D eigenvalue weighted by molar-refractivity contribution is -0.387. The minimum absolute atomic E-state index is 0.174. The van der Waals surface area contributed by atoms with Crippen molar-refractivity contribution in [3.8, 4) is 0 Å². The number of hydrogen-bond acceptors (Lipinski definition) is 4. The number of thiol groups is 1. The Labute approximate surface area is 84.9 Å². The Morgan fingerprint density at radius 1 is 1.57 bits per heavy atom. The first kappa shape index (κ1) is 10.5. The van der Waals surface area contributed by atoms with Gasteiger partial charge in [0.05, 0.1) is 16.2 Å². The molecule has 0 unspecified atom stereocenters. The summed E-state index contributed by atoms with van der Waals surface area (Å²) >= 11 is 3.89. The molecule has 0 aliphatic rings. The van der Waals surface area contributed by atoms with E-state index in [1.165, 1.54) is 18.2 Å². The summed E-state index contributed by atoms with van der Waals surface area (Å²) in [5.41, 5.74) is 0.217. The molecular formula is C8H7NO4S. The van der Waals surface area contributed by atoms with Crippen LogP contribution in [0.4, 0.5) is 5.69 Å². The van der Waals surface area contributed by atoms with Crippen LogP contribution in [0.2, 0.25) is 0 Å². The zero-order valence-electron chi connectivity index (χ0n) is 7.01. The highest BCUT2D eigenvalue weighted by molar-refractivity contribution is 7.80. The van der Waals surface area contributed by atoms with E-state index in [1.807, 2.05) is 0 Å². The van der Waals surface area contributed by atoms with Crippen molar-refractivity contribution in [1.29, 1.82) is 0 Å². The zero-order chi connectivity index (χ0) is 10.7. The Bertz CT molecular complexity index is 391. The lowest BCUT2D eigenvalue weighted by Crippen LogP contribution is -2.01. The van der Waals surface area contributed by atoms with E-state index in [1.54, 1.807) is 0 Å². The van der Waals surface area contributed by atoms with Gasteiger partial charge >= 0.3 is 5.97 Å². The van der Waals surface area contributed by atoms with E-state index in [0.717, 1.165) is 0 Å². The van der Waals surface area contributed by atoms with Gasteiger partial charge in [0.15, 0.2) is 0 Å². The SMILES string of the molecule is O=C(O)Cc1ccc(S)c([N+](=O)[O-])c1. The van der Waals surface area contributed by atoms with Crippen molar-refractivity contribution in [1.82, 2.24) is 0 Å². The Kier molecular flexibility index (Phi) is 3.08. The van der Waals surface area contributed by atoms with Crippen LogP contribution in [0.25, 0.3) is 0 Å². The van der Waals surface area contributed by atoms with Gasteiger partial charge in [-0.15, -0.1) is 12.6 Å². The highest BCUT2D eigenvalue weighted by atomic mass is 32.1. The van der Waals surface area contributed by atoms with Gasteiger partial charge in [0.1, 0.15) is 0 Å². The molecule has 0 saturated heterocycles. The van der Waals surface area contributed by atoms with Gasteiger partial charge in [-0.05, 0) is 11.6 Å². The molecule has 74 valence electrons. The fraction of sp³-hybridized carbons (Fsp3) is 0.125. The Morgan fingerprint density at radius 2 is 2.21 bits per heavy atom. The van der Waals surface area contributed by atoms with E-state index >= 15 is 0 Å². The van der Waals surface area contributed by atoms with Crippen molar-refractivity contribution in [2.45, 2.75) is 11.3 Å². The normalized spacial score (nSPS) is 9.79. The molecule has 0 fully saturated rings. The molecule has 0 aliphatic carbocycles. The number of carbonyl (C=O) groups is 1. The maximum Gasteiger partial charge on any atom is 0.307 e. The second-order valence-corrected chi connectivity index (χ2v) is 3.13. The number of nitro benzene ring substituents is 1. The van der Waals surface area contributed by atoms with Crippen LogP contribution in [0, 0.1) is 10.1 Å². The van der Waals surface area contributed by atoms with E-state index in [2.05, 4.69) is 12.6 Å². The monoisotopic (exact) mass is 213 g/mol. The standard InChI is InChI=1S/C8H7NO4S/c10-8(11)4-5-1-2-7(14)6(3-5)9(12)13/h1-3,14H,4H2,(H,10,11). The summed E-state index contributed by atoms with van der Waals surface area (Å²) < 4.78 is 0. The number of hydrogen-bond donors (Lipinski definition) is 2. The van der Waals surface area contributed by atoms with Crippen LogP contribution in [0.15, 0.2) is 23.1 Å². The lowest BCUT2D eigenvalue weighted by Gasteiger charge is -1.99. The van der Waals surface area contributed by atoms with Crippen molar-refractivity contribution in [3.05, 3.63) is 33.9 Å². The molecule has 1 aromatic rings. The third-order valence-corrected chi connectivity index (χ3v) is 1.97. The van der Waals surface area contributed by atoms with Crippen molar-refractivity contribution in [2.24, 2.45) is 0 Å². The van der Waals surface area contributed by atoms with Crippen molar-refractivity contribution >= 4 is 24.3 Å². The molecule has 1 aromatic carbocycles. The summed E-state index contributed by atoms with van der Waals surface area (Å²) in [6.45, 7) is 0. The summed E-state index contributed by atoms with van der Waals surface area (Å²) in [6, 6.07) is 4.14. The summed E-state index contributed by atoms with van der Waals surface area (Å²) in [6.07, 6.45) is -0.227. The number of aliphatic carboxylic acids is 1. The van der Waals surface area contributed by atoms with Crippen LogP contribution in [0.1, 0.15) is 5.56 Å². The average Bonchev–Trinajstić information content (AvgIpc) is 2.07. The first-order valence-electron chi connectivity index (χ1n) is 3.69. The molecule has 5 nitrogen and oxygen atoms in total. The Balaban J connectivity index is 3.06. The topological polar surface area (TPSA) is 80.4 Å². The predicted octanol–water partition coefficient (Wildman–Crippen LogP) is 1.51. The third kappa shape index (κ3) is 2.46. The van der Waals surface area contributed by atoms with Crippen LogP contribution in [-0.2, 0) is 11.2 Å². The van der Waals surface area contributed by atoms with Crippen molar-refractivity contribution in [3.63, 3.8) is 0 Å². The highest BCUT2D eigenvalue weighted by Gasteiger charge is 2.12. The summed E-state index contributed by atoms with van der Waals surface area (Å²) in [4.78, 5) is 20.5. The number of rotatable bonds is 3. The minimum atomic E-state index is -1.02. The summed E-state index contributed by atoms with van der Waals surface area (Å²) in [5.74, 6) is -1.02. The molecule has 0 saturated carbocycles. The van der Waals surface area contributed by atoms with Gasteiger partial charge in [0, 0.05) is 6.07 Å². The first-order valence-corrected chi connectivity index (χ1v) is 4.13. The number of carboxylic acid groups (broad SMARTS) is 1. The van der Waals surface area contributed by atoms with Crippen LogP contribution in [0.5, 0.6) is 0 Å². The lowest BCUT2D eigenvalue weighted by atomic mass is 10.1. The van der Waals surface area contributed by atoms with Gasteiger partial charge < -0.3 is 5.11 Å². The molecule has 14 heavy (non-hydrogen) atoms. The van der Waals surface area contributed by atoms with Crippen molar-refractivity contribution in [2.75, 3.05) is 0 Å². The van der Waals surface area contributed by atoms with Gasteiger partial charge in [-0.2, -0.15) is 0 Å². The van der Waals surface area contributed by atoms with E-state index in [-0.39, 0.29) is 17.0 Å². The quantitative estimate of drug-likeness (QED) is 0.453. The maximum atomic E-state index is 10.5. The summed E-state index contributed by atoms with van der Waals surface area (Å²) in [5, 5.41) is 18.9. The fourth-order valence-corrected chi connectivity index (χ4v) is 1.22. The third-order valence-electron chi connectivity index (χ3n) is 1.59.